The Hall–Kier alpha value is -8.42. The number of rotatable bonds is 12. The zero-order chi connectivity index (χ0) is 48.3. The molecule has 9 aromatic rings. The number of aromatic hydroxyl groups is 1. The van der Waals surface area contributed by atoms with Crippen molar-refractivity contribution in [1.29, 1.82) is 0 Å². The van der Waals surface area contributed by atoms with Gasteiger partial charge in [0.15, 0.2) is 0 Å². The summed E-state index contributed by atoms with van der Waals surface area (Å²) in [6.07, 6.45) is 2.63. The molecule has 0 unspecified atom stereocenters. The van der Waals surface area contributed by atoms with E-state index in [0.717, 1.165) is 27.8 Å². The fourth-order valence-electron chi connectivity index (χ4n) is 7.29. The summed E-state index contributed by atoms with van der Waals surface area (Å²) in [6, 6.07) is 17.0. The van der Waals surface area contributed by atoms with E-state index in [-0.39, 0.29) is 85.0 Å². The number of nitrogens with two attached hydrogens (primary N) is 3. The van der Waals surface area contributed by atoms with Crippen molar-refractivity contribution in [3.8, 4) is 90.7 Å². The molecule has 6 heterocycles. The first-order chi connectivity index (χ1) is 32.3. The van der Waals surface area contributed by atoms with Gasteiger partial charge in [-0.05, 0) is 82.7 Å². The van der Waals surface area contributed by atoms with Gasteiger partial charge in [-0.25, -0.2) is 55.6 Å². The van der Waals surface area contributed by atoms with Gasteiger partial charge in [0, 0.05) is 58.0 Å². The molecule has 0 aliphatic heterocycles. The van der Waals surface area contributed by atoms with Crippen molar-refractivity contribution in [3.63, 3.8) is 0 Å². The molecule has 0 saturated carbocycles. The smallest absolute Gasteiger partial charge is 0.238 e. The lowest BCUT2D eigenvalue weighted by Gasteiger charge is -2.17. The molecular weight excluding hydrogens is 952 g/mol. The van der Waals surface area contributed by atoms with Gasteiger partial charge in [0.1, 0.15) is 0 Å². The van der Waals surface area contributed by atoms with Crippen LogP contribution in [0.3, 0.4) is 0 Å². The number of primary sulfonamides is 3. The predicted octanol–water partition coefficient (Wildman–Crippen LogP) is 1.44. The predicted molar refractivity (Wildman–Crippen MR) is 233 cm³/mol. The van der Waals surface area contributed by atoms with Gasteiger partial charge in [0.05, 0.1) is 49.9 Å². The van der Waals surface area contributed by atoms with Crippen LogP contribution in [0.2, 0.25) is 0 Å². The summed E-state index contributed by atoms with van der Waals surface area (Å²) in [7, 11) is -12.3. The first-order valence-corrected chi connectivity index (χ1v) is 23.7. The number of nitrogens with one attached hydrogen (secondary N) is 1. The summed E-state index contributed by atoms with van der Waals surface area (Å²) < 4.78 is 99.2. The molecule has 26 nitrogen and oxygen atoms in total. The second-order valence-electron chi connectivity index (χ2n) is 14.3. The van der Waals surface area contributed by atoms with Gasteiger partial charge in [-0.2, -0.15) is 9.60 Å². The summed E-state index contributed by atoms with van der Waals surface area (Å²) in [5.74, 6) is -1.93. The van der Waals surface area contributed by atoms with Crippen LogP contribution >= 0.6 is 0 Å². The maximum Gasteiger partial charge on any atom is 0.238 e. The number of nitrogens with zero attached hydrogens (tertiary/aromatic N) is 14. The second kappa shape index (κ2) is 16.8. The summed E-state index contributed by atoms with van der Waals surface area (Å²) in [6.45, 7) is 1.43. The molecule has 8 N–H and O–H groups in total. The third-order valence-electron chi connectivity index (χ3n) is 10.1. The Morgan fingerprint density at radius 1 is 0.618 bits per heavy atom. The standard InChI is InChI=1S/C38H29FN18O8S3/c1-18-21(8-13-28(39)45-18)32-24(57-50-37(48-54-57)33-22(19-6-14-29(58)43-16-19)4-3-5-25(33)66(40,59)60)10-12-27(68(42,63)64)35(32)38-49-55-56(51-38)23-9-11-26(67(41,61)62)34(36-46-52-53-47-36)31(23)20-7-15-30(65-2)44-17-20/h3-17H,1-2H3,(H,43,58)(H2,40,59,60)(H2,41,61,62)(H2,42,63,64)(H,46,47,52,53). The number of hydrogen-bond acceptors (Lipinski definition) is 20. The van der Waals surface area contributed by atoms with Crippen molar-refractivity contribution < 1.29 is 39.5 Å². The number of pyridine rings is 3. The highest BCUT2D eigenvalue weighted by molar-refractivity contribution is 7.89. The quantitative estimate of drug-likeness (QED) is 0.108. The lowest BCUT2D eigenvalue weighted by Crippen LogP contribution is -2.16. The molecule has 6 aromatic heterocycles. The maximum atomic E-state index is 14.7. The van der Waals surface area contributed by atoms with E-state index in [1.807, 2.05) is 0 Å². The molecule has 3 aromatic carbocycles. The molecule has 0 radical (unpaired) electrons. The van der Waals surface area contributed by atoms with Crippen LogP contribution < -0.4 is 20.2 Å². The van der Waals surface area contributed by atoms with Crippen molar-refractivity contribution in [1.82, 2.24) is 76.0 Å². The van der Waals surface area contributed by atoms with Crippen LogP contribution in [0.1, 0.15) is 5.69 Å². The Labute approximate surface area is 381 Å². The second-order valence-corrected chi connectivity index (χ2v) is 18.9. The molecule has 0 aliphatic rings. The van der Waals surface area contributed by atoms with Crippen LogP contribution in [0.5, 0.6) is 11.8 Å². The Bertz CT molecular complexity index is 3800. The van der Waals surface area contributed by atoms with Crippen molar-refractivity contribution in [2.75, 3.05) is 7.11 Å². The molecule has 0 amide bonds. The van der Waals surface area contributed by atoms with Crippen molar-refractivity contribution in [2.24, 2.45) is 15.4 Å². The number of methoxy groups -OCH3 is 1. The number of sulfonamides is 3. The fraction of sp³-hybridized carbons (Fsp3) is 0.0526. The summed E-state index contributed by atoms with van der Waals surface area (Å²) in [5, 5.41) is 67.0. The van der Waals surface area contributed by atoms with Gasteiger partial charge in [0.25, 0.3) is 0 Å². The number of aromatic nitrogens is 15. The highest BCUT2D eigenvalue weighted by Gasteiger charge is 2.32. The lowest BCUT2D eigenvalue weighted by molar-refractivity contribution is 0.398. The van der Waals surface area contributed by atoms with E-state index < -0.39 is 56.5 Å². The average molecular weight is 981 g/mol. The summed E-state index contributed by atoms with van der Waals surface area (Å²) >= 11 is 0. The van der Waals surface area contributed by atoms with Crippen LogP contribution in [0.4, 0.5) is 4.39 Å². The SMILES string of the molecule is COc1ccc(-c2c(-n3nnc(-c4c(S(N)(=O)=O)ccc(-n5nnc(-c6c(-c7ccc(O)nc7)cccc6S(N)(=O)=O)n5)c4-c4ccc(F)nc4C)n3)ccc(S(N)(=O)=O)c2-c2nn[nH]n2)cn1. The highest BCUT2D eigenvalue weighted by atomic mass is 32.2. The maximum absolute atomic E-state index is 14.7. The van der Waals surface area contributed by atoms with E-state index in [1.165, 1.54) is 87.1 Å². The Morgan fingerprint density at radius 2 is 1.21 bits per heavy atom. The average Bonchev–Trinajstić information content (AvgIpc) is 4.11. The Kier molecular flexibility index (Phi) is 11.0. The molecule has 0 fully saturated rings. The van der Waals surface area contributed by atoms with E-state index in [0.29, 0.717) is 5.56 Å². The van der Waals surface area contributed by atoms with Crippen molar-refractivity contribution in [2.45, 2.75) is 21.6 Å². The van der Waals surface area contributed by atoms with Crippen LogP contribution in [-0.4, -0.2) is 113 Å². The summed E-state index contributed by atoms with van der Waals surface area (Å²) in [5.41, 5.74) is 0.163. The van der Waals surface area contributed by atoms with Crippen LogP contribution in [0.15, 0.2) is 106 Å². The molecular formula is C38H29FN18O8S3. The van der Waals surface area contributed by atoms with Crippen LogP contribution in [0.25, 0.3) is 78.9 Å². The number of benzene rings is 3. The third kappa shape index (κ3) is 8.24. The van der Waals surface area contributed by atoms with Crippen molar-refractivity contribution >= 4 is 30.1 Å². The zero-order valence-electron chi connectivity index (χ0n) is 34.6. The minimum atomic E-state index is -4.71. The molecule has 0 bridgehead atoms. The minimum absolute atomic E-state index is 0.00754. The number of ether oxygens (including phenoxy) is 1. The van der Waals surface area contributed by atoms with E-state index >= 15 is 0 Å². The number of aromatic amines is 1. The van der Waals surface area contributed by atoms with Gasteiger partial charge >= 0.3 is 0 Å². The molecule has 0 spiro atoms. The molecule has 344 valence electrons. The Morgan fingerprint density at radius 3 is 1.75 bits per heavy atom. The third-order valence-corrected chi connectivity index (χ3v) is 13.0. The van der Waals surface area contributed by atoms with Gasteiger partial charge in [-0.15, -0.1) is 40.2 Å². The van der Waals surface area contributed by atoms with E-state index in [4.69, 9.17) is 20.2 Å². The lowest BCUT2D eigenvalue weighted by atomic mass is 9.96. The number of aryl methyl sites for hydroxylation is 1. The van der Waals surface area contributed by atoms with Gasteiger partial charge < -0.3 is 9.84 Å². The molecule has 68 heavy (non-hydrogen) atoms. The molecule has 0 saturated heterocycles. The number of hydrogen-bond donors (Lipinski definition) is 5. The molecule has 0 atom stereocenters. The minimum Gasteiger partial charge on any atom is -0.493 e. The van der Waals surface area contributed by atoms with E-state index in [1.54, 1.807) is 0 Å². The van der Waals surface area contributed by atoms with Gasteiger partial charge in [-0.3, -0.25) is 0 Å². The van der Waals surface area contributed by atoms with Crippen LogP contribution in [0, 0.1) is 12.9 Å². The molecule has 0 aliphatic carbocycles. The zero-order valence-corrected chi connectivity index (χ0v) is 37.0. The van der Waals surface area contributed by atoms with Gasteiger partial charge in [-0.1, -0.05) is 12.1 Å². The highest BCUT2D eigenvalue weighted by Crippen LogP contribution is 2.43. The fourth-order valence-corrected chi connectivity index (χ4v) is 9.52. The normalized spacial score (nSPS) is 12.1. The largest absolute Gasteiger partial charge is 0.493 e. The topological polar surface area (TPSA) is 390 Å². The first kappa shape index (κ1) is 44.8. The number of H-pyrrole nitrogens is 1. The number of tetrazole rings is 3. The monoisotopic (exact) mass is 980 g/mol. The summed E-state index contributed by atoms with van der Waals surface area (Å²) in [4.78, 5) is 12.6. The van der Waals surface area contributed by atoms with E-state index in [2.05, 4.69) is 66.4 Å². The molecule has 30 heteroatoms. The first-order valence-electron chi connectivity index (χ1n) is 19.0. The number of halogens is 1. The van der Waals surface area contributed by atoms with Crippen LogP contribution in [-0.2, 0) is 30.1 Å². The van der Waals surface area contributed by atoms with Crippen molar-refractivity contribution in [3.05, 3.63) is 103 Å². The molecule has 9 rings (SSSR count). The van der Waals surface area contributed by atoms with E-state index in [9.17, 15) is 34.8 Å². The van der Waals surface area contributed by atoms with Gasteiger partial charge in [0.2, 0.25) is 65.3 Å². The Balaban J connectivity index is 1.31.